The first kappa shape index (κ1) is 84.9. The Morgan fingerprint density at radius 3 is 0.966 bits per heavy atom. The predicted octanol–water partition coefficient (Wildman–Crippen LogP) is 24.3. The molecule has 1 N–H and O–H groups in total. The number of ether oxygens (including phenoxy) is 2. The Labute approximate surface area is 544 Å². The predicted molar refractivity (Wildman–Crippen MR) is 381 cm³/mol. The molecule has 0 fully saturated rings. The summed E-state index contributed by atoms with van der Waals surface area (Å²) in [4.78, 5) is 35.9. The van der Waals surface area contributed by atoms with Crippen molar-refractivity contribution in [2.24, 2.45) is 0 Å². The Morgan fingerprint density at radius 2 is 0.648 bits per heavy atom. The molecular weight excluding hydrogens is 1110 g/mol. The third kappa shape index (κ3) is 72.0. The number of hydrogen-bond donors (Lipinski definition) is 1. The molecule has 2 unspecified atom stereocenters. The van der Waals surface area contributed by atoms with Crippen LogP contribution in [0.15, 0.2) is 97.2 Å². The Bertz CT molecular complexity index is 1810. The summed E-state index contributed by atoms with van der Waals surface area (Å²) in [6, 6.07) is 0. The molecule has 0 bridgehead atoms. The number of allylic oxidation sites excluding steroid dienone is 16. The number of nitrogens with zero attached hydrogens (tertiary/aromatic N) is 1. The second kappa shape index (κ2) is 68.3. The van der Waals surface area contributed by atoms with Crippen LogP contribution in [0.25, 0.3) is 0 Å². The van der Waals surface area contributed by atoms with Crippen LogP contribution in [0.2, 0.25) is 0 Å². The van der Waals surface area contributed by atoms with Crippen molar-refractivity contribution in [3.8, 4) is 0 Å². The lowest BCUT2D eigenvalue weighted by Gasteiger charge is -2.24. The third-order valence-electron chi connectivity index (χ3n) is 16.1. The SMILES string of the molecule is CC/C=C\C/C=C\C/C=C\C/C=C\C/C=C\CCCCCCCCCCCCCC(=O)OC(COC(=O)CCCCCCCCCCCCCCCCCCCCCCCC/C=C\C/C=C\C/C=C\CCCCCCC)COP(=O)(O)OCC[N+](C)(C)C. The van der Waals surface area contributed by atoms with Crippen molar-refractivity contribution in [2.45, 2.75) is 341 Å². The largest absolute Gasteiger partial charge is 0.472 e. The lowest BCUT2D eigenvalue weighted by molar-refractivity contribution is -0.870. The van der Waals surface area contributed by atoms with E-state index in [4.69, 9.17) is 18.5 Å². The first-order valence-corrected chi connectivity index (χ1v) is 38.5. The van der Waals surface area contributed by atoms with E-state index in [-0.39, 0.29) is 32.0 Å². The number of esters is 2. The number of phosphoric ester groups is 1. The van der Waals surface area contributed by atoms with E-state index in [1.165, 1.54) is 218 Å². The summed E-state index contributed by atoms with van der Waals surface area (Å²) < 4.78 is 34.8. The van der Waals surface area contributed by atoms with E-state index in [0.717, 1.165) is 83.5 Å². The quantitative estimate of drug-likeness (QED) is 0.0211. The molecule has 88 heavy (non-hydrogen) atoms. The fraction of sp³-hybridized carbons (Fsp3) is 0.769. The summed E-state index contributed by atoms with van der Waals surface area (Å²) in [5, 5.41) is 0. The van der Waals surface area contributed by atoms with Crippen LogP contribution in [0.4, 0.5) is 0 Å². The molecule has 2 atom stereocenters. The fourth-order valence-corrected chi connectivity index (χ4v) is 11.2. The van der Waals surface area contributed by atoms with Gasteiger partial charge in [0.1, 0.15) is 19.8 Å². The first-order valence-electron chi connectivity index (χ1n) is 37.0. The molecule has 0 saturated heterocycles. The van der Waals surface area contributed by atoms with E-state index in [2.05, 4.69) is 111 Å². The summed E-state index contributed by atoms with van der Waals surface area (Å²) in [5.41, 5.74) is 0. The average Bonchev–Trinajstić information content (AvgIpc) is 3.60. The van der Waals surface area contributed by atoms with Gasteiger partial charge in [-0.3, -0.25) is 18.6 Å². The Balaban J connectivity index is 3.98. The van der Waals surface area contributed by atoms with Gasteiger partial charge in [0.05, 0.1) is 27.7 Å². The maximum atomic E-state index is 12.9. The molecule has 0 rings (SSSR count). The highest BCUT2D eigenvalue weighted by atomic mass is 31.2. The minimum absolute atomic E-state index is 0.0291. The standard InChI is InChI=1S/C78H140NO8P/c1-6-8-10-12-14-16-18-20-22-24-26-28-30-32-34-35-36-37-38-39-40-41-42-43-45-46-48-50-52-54-56-58-60-62-64-66-68-70-77(80)84-74-76(75-86-88(82,83)85-73-72-79(3,4)5)87-78(81)71-69-67-65-63-61-59-57-55-53-51-49-47-44-33-31-29-27-25-23-21-19-17-15-13-11-9-7-2/h9,11,15,17-18,20-21,23-24,26-27,29-30,32-33,44,76H,6-8,10,12-14,16,19,22,25,28,31,34-43,45-75H2,1-5H3/p+1/b11-9-,17-15-,20-18-,23-21-,26-24-,29-27-,32-30-,44-33-. The van der Waals surface area contributed by atoms with Crippen molar-refractivity contribution in [1.29, 1.82) is 0 Å². The molecule has 0 heterocycles. The number of carbonyl (C=O) groups is 2. The van der Waals surface area contributed by atoms with Gasteiger partial charge in [0.15, 0.2) is 6.10 Å². The van der Waals surface area contributed by atoms with Crippen LogP contribution in [0.1, 0.15) is 335 Å². The highest BCUT2D eigenvalue weighted by Gasteiger charge is 2.27. The summed E-state index contributed by atoms with van der Waals surface area (Å²) in [6.45, 7) is 4.34. The van der Waals surface area contributed by atoms with Crippen molar-refractivity contribution >= 4 is 19.8 Å². The minimum Gasteiger partial charge on any atom is -0.462 e. The Kier molecular flexibility index (Phi) is 65.9. The molecule has 10 heteroatoms. The van der Waals surface area contributed by atoms with Crippen LogP contribution in [0.3, 0.4) is 0 Å². The molecular formula is C78H141NO8P+. The van der Waals surface area contributed by atoms with Gasteiger partial charge >= 0.3 is 19.8 Å². The van der Waals surface area contributed by atoms with Gasteiger partial charge in [0, 0.05) is 12.8 Å². The van der Waals surface area contributed by atoms with Crippen LogP contribution in [-0.4, -0.2) is 74.9 Å². The molecule has 0 saturated carbocycles. The number of quaternary nitrogens is 1. The smallest absolute Gasteiger partial charge is 0.462 e. The highest BCUT2D eigenvalue weighted by Crippen LogP contribution is 2.43. The van der Waals surface area contributed by atoms with Crippen LogP contribution in [-0.2, 0) is 32.7 Å². The van der Waals surface area contributed by atoms with E-state index >= 15 is 0 Å². The van der Waals surface area contributed by atoms with Crippen molar-refractivity contribution in [1.82, 2.24) is 0 Å². The van der Waals surface area contributed by atoms with Crippen LogP contribution < -0.4 is 0 Å². The lowest BCUT2D eigenvalue weighted by atomic mass is 10.0. The number of hydrogen-bond acceptors (Lipinski definition) is 7. The Hall–Kier alpha value is -3.07. The van der Waals surface area contributed by atoms with Crippen molar-refractivity contribution in [3.05, 3.63) is 97.2 Å². The number of unbranched alkanes of at least 4 members (excludes halogenated alkanes) is 38. The van der Waals surface area contributed by atoms with Crippen molar-refractivity contribution < 1.29 is 42.1 Å². The van der Waals surface area contributed by atoms with E-state index in [9.17, 15) is 19.0 Å². The number of rotatable bonds is 68. The molecule has 0 aromatic carbocycles. The van der Waals surface area contributed by atoms with E-state index in [1.54, 1.807) is 0 Å². The summed E-state index contributed by atoms with van der Waals surface area (Å²) in [7, 11) is 1.48. The van der Waals surface area contributed by atoms with Gasteiger partial charge in [-0.15, -0.1) is 0 Å². The van der Waals surface area contributed by atoms with Crippen molar-refractivity contribution in [2.75, 3.05) is 47.5 Å². The fourth-order valence-electron chi connectivity index (χ4n) is 10.5. The number of likely N-dealkylation sites (N-methyl/N-ethyl adjacent to an activating group) is 1. The Morgan fingerprint density at radius 1 is 0.364 bits per heavy atom. The number of carbonyl (C=O) groups excluding carboxylic acids is 2. The van der Waals surface area contributed by atoms with E-state index in [0.29, 0.717) is 17.4 Å². The summed E-state index contributed by atoms with van der Waals surface area (Å²) >= 11 is 0. The molecule has 0 aliphatic heterocycles. The van der Waals surface area contributed by atoms with Crippen molar-refractivity contribution in [3.63, 3.8) is 0 Å². The summed E-state index contributed by atoms with van der Waals surface area (Å²) in [6.07, 6.45) is 95.3. The topological polar surface area (TPSA) is 108 Å². The second-order valence-electron chi connectivity index (χ2n) is 25.9. The molecule has 0 spiro atoms. The number of phosphoric acid groups is 1. The van der Waals surface area contributed by atoms with Gasteiger partial charge < -0.3 is 18.9 Å². The van der Waals surface area contributed by atoms with E-state index in [1.807, 2.05) is 21.1 Å². The average molecular weight is 1250 g/mol. The second-order valence-corrected chi connectivity index (χ2v) is 27.4. The molecule has 0 aromatic rings. The zero-order valence-electron chi connectivity index (χ0n) is 58.2. The van der Waals surface area contributed by atoms with Crippen LogP contribution in [0.5, 0.6) is 0 Å². The maximum Gasteiger partial charge on any atom is 0.472 e. The molecule has 510 valence electrons. The summed E-state index contributed by atoms with van der Waals surface area (Å²) in [5.74, 6) is -0.791. The van der Waals surface area contributed by atoms with Gasteiger partial charge in [-0.1, -0.05) is 323 Å². The molecule has 0 aliphatic rings. The molecule has 0 aromatic heterocycles. The molecule has 0 amide bonds. The van der Waals surface area contributed by atoms with Gasteiger partial charge in [-0.25, -0.2) is 4.57 Å². The first-order chi connectivity index (χ1) is 43.0. The molecule has 0 aliphatic carbocycles. The zero-order chi connectivity index (χ0) is 64.1. The van der Waals surface area contributed by atoms with Crippen LogP contribution >= 0.6 is 7.82 Å². The third-order valence-corrected chi connectivity index (χ3v) is 17.1. The normalized spacial score (nSPS) is 13.7. The molecule has 0 radical (unpaired) electrons. The van der Waals surface area contributed by atoms with Gasteiger partial charge in [0.2, 0.25) is 0 Å². The molecule has 9 nitrogen and oxygen atoms in total. The van der Waals surface area contributed by atoms with Gasteiger partial charge in [-0.2, -0.15) is 0 Å². The minimum atomic E-state index is -4.40. The van der Waals surface area contributed by atoms with Crippen LogP contribution in [0, 0.1) is 0 Å². The lowest BCUT2D eigenvalue weighted by Crippen LogP contribution is -2.37. The van der Waals surface area contributed by atoms with Gasteiger partial charge in [-0.05, 0) is 96.3 Å². The maximum absolute atomic E-state index is 12.9. The highest BCUT2D eigenvalue weighted by molar-refractivity contribution is 7.47. The van der Waals surface area contributed by atoms with Gasteiger partial charge in [0.25, 0.3) is 0 Å². The zero-order valence-corrected chi connectivity index (χ0v) is 59.1. The van der Waals surface area contributed by atoms with E-state index < -0.39 is 26.5 Å². The monoisotopic (exact) mass is 1250 g/mol.